The molecular formula is C11H7N5O6. The highest BCUT2D eigenvalue weighted by molar-refractivity contribution is 5.95. The number of ether oxygens (including phenoxy) is 1. The lowest BCUT2D eigenvalue weighted by Gasteiger charge is -2.02. The molecule has 0 saturated heterocycles. The molecule has 2 N–H and O–H groups in total. The van der Waals surface area contributed by atoms with Crippen molar-refractivity contribution < 1.29 is 24.7 Å². The molecule has 0 spiro atoms. The number of benzene rings is 1. The SMILES string of the molecule is [N-]=[N+]=Nn1c(O)cc(OC(=O)c2ccccc2[N+](=O)[O-])c1O. The number of nitro benzene ring substituents is 1. The van der Waals surface area contributed by atoms with E-state index in [1.54, 1.807) is 0 Å². The highest BCUT2D eigenvalue weighted by atomic mass is 16.6. The third-order valence-electron chi connectivity index (χ3n) is 2.55. The smallest absolute Gasteiger partial charge is 0.350 e. The van der Waals surface area contributed by atoms with Gasteiger partial charge in [0, 0.05) is 6.07 Å². The summed E-state index contributed by atoms with van der Waals surface area (Å²) in [6.45, 7) is 0. The van der Waals surface area contributed by atoms with E-state index in [-0.39, 0.29) is 5.56 Å². The largest absolute Gasteiger partial charge is 0.477 e. The number of rotatable bonds is 4. The van der Waals surface area contributed by atoms with Crippen molar-refractivity contribution in [3.63, 3.8) is 0 Å². The molecule has 2 rings (SSSR count). The van der Waals surface area contributed by atoms with Gasteiger partial charge >= 0.3 is 11.8 Å². The molecule has 1 heterocycles. The van der Waals surface area contributed by atoms with Gasteiger partial charge in [0.25, 0.3) is 11.6 Å². The minimum absolute atomic E-state index is 0.345. The number of hydrogen-bond acceptors (Lipinski definition) is 7. The summed E-state index contributed by atoms with van der Waals surface area (Å²) in [5, 5.41) is 32.8. The molecule has 0 unspecified atom stereocenters. The second-order valence-corrected chi connectivity index (χ2v) is 3.84. The quantitative estimate of drug-likeness (QED) is 0.219. The molecule has 0 aliphatic rings. The Balaban J connectivity index is 2.36. The van der Waals surface area contributed by atoms with Crippen molar-refractivity contribution in [2.24, 2.45) is 5.22 Å². The Labute approximate surface area is 121 Å². The van der Waals surface area contributed by atoms with Crippen LogP contribution in [0.4, 0.5) is 5.69 Å². The van der Waals surface area contributed by atoms with Gasteiger partial charge in [0.1, 0.15) is 5.56 Å². The summed E-state index contributed by atoms with van der Waals surface area (Å²) in [7, 11) is 0. The topological polar surface area (TPSA) is 164 Å². The van der Waals surface area contributed by atoms with E-state index in [0.717, 1.165) is 12.1 Å². The lowest BCUT2D eigenvalue weighted by molar-refractivity contribution is -0.385. The van der Waals surface area contributed by atoms with Crippen LogP contribution in [-0.2, 0) is 0 Å². The molecule has 0 saturated carbocycles. The van der Waals surface area contributed by atoms with Gasteiger partial charge in [-0.2, -0.15) is 4.91 Å². The van der Waals surface area contributed by atoms with E-state index in [4.69, 9.17) is 10.3 Å². The van der Waals surface area contributed by atoms with Crippen molar-refractivity contribution in [3.8, 4) is 17.5 Å². The van der Waals surface area contributed by atoms with Gasteiger partial charge in [0.05, 0.1) is 11.0 Å². The highest BCUT2D eigenvalue weighted by Gasteiger charge is 2.26. The summed E-state index contributed by atoms with van der Waals surface area (Å²) in [5.74, 6) is -3.16. The summed E-state index contributed by atoms with van der Waals surface area (Å²) < 4.78 is 5.15. The number of carbonyl (C=O) groups excluding carboxylic acids is 1. The number of aromatic nitrogens is 1. The Hall–Kier alpha value is -3.72. The average molecular weight is 305 g/mol. The van der Waals surface area contributed by atoms with Crippen molar-refractivity contribution >= 4 is 11.7 Å². The Morgan fingerprint density at radius 2 is 2.09 bits per heavy atom. The first-order valence-corrected chi connectivity index (χ1v) is 5.60. The standard InChI is InChI=1S/C11H7N5O6/c12-13-14-15-9(17)5-8(10(15)18)22-11(19)6-3-1-2-4-7(6)16(20)21/h1-5,17-18H. The van der Waals surface area contributed by atoms with Gasteiger partial charge in [-0.25, -0.2) is 4.79 Å². The van der Waals surface area contributed by atoms with Gasteiger partial charge < -0.3 is 14.9 Å². The fourth-order valence-corrected chi connectivity index (χ4v) is 1.62. The fraction of sp³-hybridized carbons (Fsp3) is 0. The van der Waals surface area contributed by atoms with E-state index in [0.29, 0.717) is 4.68 Å². The molecule has 0 amide bonds. The molecule has 0 fully saturated rings. The van der Waals surface area contributed by atoms with E-state index >= 15 is 0 Å². The Morgan fingerprint density at radius 1 is 1.41 bits per heavy atom. The number of carbonyl (C=O) groups is 1. The second kappa shape index (κ2) is 5.73. The molecule has 0 bridgehead atoms. The summed E-state index contributed by atoms with van der Waals surface area (Å²) >= 11 is 0. The minimum atomic E-state index is -1.12. The zero-order valence-electron chi connectivity index (χ0n) is 10.7. The van der Waals surface area contributed by atoms with Crippen molar-refractivity contribution in [1.29, 1.82) is 0 Å². The van der Waals surface area contributed by atoms with Gasteiger partial charge in [-0.3, -0.25) is 10.1 Å². The van der Waals surface area contributed by atoms with E-state index in [1.165, 1.54) is 18.2 Å². The Kier molecular flexibility index (Phi) is 3.82. The van der Waals surface area contributed by atoms with Crippen LogP contribution in [0.1, 0.15) is 10.4 Å². The number of hydrogen-bond donors (Lipinski definition) is 2. The van der Waals surface area contributed by atoms with E-state index < -0.39 is 34.1 Å². The lowest BCUT2D eigenvalue weighted by atomic mass is 10.2. The molecule has 0 aliphatic carbocycles. The molecule has 0 radical (unpaired) electrons. The molecule has 11 heteroatoms. The molecule has 0 aliphatic heterocycles. The number of nitrogens with zero attached hydrogens (tertiary/aromatic N) is 5. The van der Waals surface area contributed by atoms with Gasteiger partial charge in [0.15, 0.2) is 0 Å². The maximum atomic E-state index is 11.9. The zero-order valence-corrected chi connectivity index (χ0v) is 10.7. The van der Waals surface area contributed by atoms with Crippen LogP contribution in [0.5, 0.6) is 17.5 Å². The first-order chi connectivity index (χ1) is 10.5. The fourth-order valence-electron chi connectivity index (χ4n) is 1.62. The van der Waals surface area contributed by atoms with Crippen LogP contribution in [0.15, 0.2) is 35.6 Å². The van der Waals surface area contributed by atoms with Crippen LogP contribution >= 0.6 is 0 Å². The van der Waals surface area contributed by atoms with E-state index in [9.17, 15) is 25.1 Å². The van der Waals surface area contributed by atoms with Crippen molar-refractivity contribution in [3.05, 3.63) is 56.5 Å². The first kappa shape index (κ1) is 14.7. The van der Waals surface area contributed by atoms with Crippen LogP contribution in [0.2, 0.25) is 0 Å². The number of nitro groups is 1. The number of azide groups is 1. The van der Waals surface area contributed by atoms with Gasteiger partial charge in [-0.1, -0.05) is 12.1 Å². The van der Waals surface area contributed by atoms with Crippen LogP contribution in [-0.4, -0.2) is 25.8 Å². The number of para-hydroxylation sites is 1. The maximum absolute atomic E-state index is 11.9. The summed E-state index contributed by atoms with van der Waals surface area (Å²) in [5.41, 5.74) is 7.44. The van der Waals surface area contributed by atoms with Crippen LogP contribution < -0.4 is 4.74 Å². The average Bonchev–Trinajstić information content (AvgIpc) is 2.75. The summed E-state index contributed by atoms with van der Waals surface area (Å²) in [6, 6.07) is 5.86. The van der Waals surface area contributed by atoms with Crippen LogP contribution in [0, 0.1) is 10.1 Å². The van der Waals surface area contributed by atoms with Crippen LogP contribution in [0.3, 0.4) is 0 Å². The van der Waals surface area contributed by atoms with Crippen molar-refractivity contribution in [2.45, 2.75) is 0 Å². The molecule has 2 aromatic rings. The first-order valence-electron chi connectivity index (χ1n) is 5.60. The van der Waals surface area contributed by atoms with Crippen LogP contribution in [0.25, 0.3) is 10.4 Å². The molecule has 1 aromatic carbocycles. The Bertz CT molecular complexity index is 807. The molecule has 22 heavy (non-hydrogen) atoms. The minimum Gasteiger partial charge on any atom is -0.477 e. The number of aromatic hydroxyl groups is 2. The van der Waals surface area contributed by atoms with Gasteiger partial charge in [0.2, 0.25) is 5.75 Å². The highest BCUT2D eigenvalue weighted by Crippen LogP contribution is 2.35. The predicted molar refractivity (Wildman–Crippen MR) is 70.4 cm³/mol. The molecule has 112 valence electrons. The predicted octanol–water partition coefficient (Wildman–Crippen LogP) is 2.10. The molecular weight excluding hydrogens is 298 g/mol. The summed E-state index contributed by atoms with van der Waals surface area (Å²) in [6.07, 6.45) is 0. The lowest BCUT2D eigenvalue weighted by Crippen LogP contribution is -2.10. The normalized spacial score (nSPS) is 9.82. The van der Waals surface area contributed by atoms with E-state index in [2.05, 4.69) is 10.1 Å². The molecule has 1 aromatic heterocycles. The molecule has 11 nitrogen and oxygen atoms in total. The second-order valence-electron chi connectivity index (χ2n) is 3.84. The maximum Gasteiger partial charge on any atom is 0.350 e. The molecule has 0 atom stereocenters. The van der Waals surface area contributed by atoms with Gasteiger partial charge in [-0.15, -0.1) is 10.2 Å². The third kappa shape index (κ3) is 2.59. The monoisotopic (exact) mass is 305 g/mol. The third-order valence-corrected chi connectivity index (χ3v) is 2.55. The number of esters is 1. The van der Waals surface area contributed by atoms with E-state index in [1.807, 2.05) is 0 Å². The zero-order chi connectivity index (χ0) is 16.3. The Morgan fingerprint density at radius 3 is 2.73 bits per heavy atom. The van der Waals surface area contributed by atoms with Crippen molar-refractivity contribution in [1.82, 2.24) is 4.68 Å². The summed E-state index contributed by atoms with van der Waals surface area (Å²) in [4.78, 5) is 24.4. The van der Waals surface area contributed by atoms with Crippen molar-refractivity contribution in [2.75, 3.05) is 0 Å². The van der Waals surface area contributed by atoms with Gasteiger partial charge in [-0.05, 0) is 11.3 Å².